The molecule has 0 aromatic carbocycles. The summed E-state index contributed by atoms with van der Waals surface area (Å²) >= 11 is 6.48. The highest BCUT2D eigenvalue weighted by atomic mass is 35.5. The van der Waals surface area contributed by atoms with Crippen molar-refractivity contribution in [3.8, 4) is 0 Å². The van der Waals surface area contributed by atoms with Gasteiger partial charge in [0.15, 0.2) is 0 Å². The van der Waals surface area contributed by atoms with Crippen molar-refractivity contribution in [2.45, 2.75) is 72.1 Å². The second-order valence-electron chi connectivity index (χ2n) is 6.77. The lowest BCUT2D eigenvalue weighted by Gasteiger charge is -2.44. The maximum Gasteiger partial charge on any atom is 0.0860 e. The fourth-order valence-corrected chi connectivity index (χ4v) is 3.43. The van der Waals surface area contributed by atoms with Crippen LogP contribution in [0.5, 0.6) is 0 Å². The van der Waals surface area contributed by atoms with E-state index in [0.29, 0.717) is 6.04 Å². The van der Waals surface area contributed by atoms with Crippen molar-refractivity contribution in [3.05, 3.63) is 16.4 Å². The summed E-state index contributed by atoms with van der Waals surface area (Å²) in [7, 11) is 0. The molecule has 1 atom stereocenters. The summed E-state index contributed by atoms with van der Waals surface area (Å²) in [6, 6.07) is 0.583. The Morgan fingerprint density at radius 2 is 2.10 bits per heavy atom. The first-order valence-corrected chi connectivity index (χ1v) is 8.46. The van der Waals surface area contributed by atoms with Gasteiger partial charge in [-0.2, -0.15) is 5.10 Å². The zero-order chi connectivity index (χ0) is 15.6. The number of nitrogens with one attached hydrogen (secondary N) is 1. The maximum atomic E-state index is 6.48. The van der Waals surface area contributed by atoms with Gasteiger partial charge in [-0.25, -0.2) is 0 Å². The number of aryl methyl sites for hydroxylation is 2. The predicted molar refractivity (Wildman–Crippen MR) is 88.8 cm³/mol. The molecule has 1 aliphatic rings. The van der Waals surface area contributed by atoms with Gasteiger partial charge < -0.3 is 5.32 Å². The van der Waals surface area contributed by atoms with Crippen LogP contribution >= 0.6 is 11.6 Å². The van der Waals surface area contributed by atoms with Gasteiger partial charge in [0, 0.05) is 37.8 Å². The third kappa shape index (κ3) is 3.79. The second kappa shape index (κ2) is 6.67. The molecule has 0 amide bonds. The standard InChI is InChI=1S/C16H29ClN4/c1-6-8-13-9-18-16(4,5)11-20(13)10-14-15(17)12(3)19-21(14)7-2/h13,18H,6-11H2,1-5H3. The van der Waals surface area contributed by atoms with E-state index in [-0.39, 0.29) is 5.54 Å². The summed E-state index contributed by atoms with van der Waals surface area (Å²) in [6.45, 7) is 14.8. The Morgan fingerprint density at radius 3 is 2.71 bits per heavy atom. The van der Waals surface area contributed by atoms with Crippen molar-refractivity contribution < 1.29 is 0 Å². The van der Waals surface area contributed by atoms with Crippen molar-refractivity contribution in [2.24, 2.45) is 0 Å². The van der Waals surface area contributed by atoms with Gasteiger partial charge in [-0.1, -0.05) is 24.9 Å². The smallest absolute Gasteiger partial charge is 0.0860 e. The summed E-state index contributed by atoms with van der Waals surface area (Å²) in [5.41, 5.74) is 2.26. The third-order valence-electron chi connectivity index (χ3n) is 4.36. The number of rotatable bonds is 5. The Bertz CT molecular complexity index is 481. The van der Waals surface area contributed by atoms with Crippen LogP contribution in [0.25, 0.3) is 0 Å². The van der Waals surface area contributed by atoms with Crippen LogP contribution in [0.15, 0.2) is 0 Å². The number of halogens is 1. The summed E-state index contributed by atoms with van der Waals surface area (Å²) in [6.07, 6.45) is 2.43. The predicted octanol–water partition coefficient (Wildman–Crippen LogP) is 3.22. The second-order valence-corrected chi connectivity index (χ2v) is 7.15. The number of aromatic nitrogens is 2. The Morgan fingerprint density at radius 1 is 1.38 bits per heavy atom. The summed E-state index contributed by atoms with van der Waals surface area (Å²) < 4.78 is 2.05. The van der Waals surface area contributed by atoms with E-state index < -0.39 is 0 Å². The normalized spacial score (nSPS) is 22.7. The van der Waals surface area contributed by atoms with Gasteiger partial charge in [0.25, 0.3) is 0 Å². The first-order chi connectivity index (χ1) is 9.88. The van der Waals surface area contributed by atoms with Gasteiger partial charge in [0.1, 0.15) is 0 Å². The third-order valence-corrected chi connectivity index (χ3v) is 4.85. The molecule has 2 heterocycles. The molecule has 0 aliphatic carbocycles. The van der Waals surface area contributed by atoms with Crippen LogP contribution in [0.1, 0.15) is 51.9 Å². The molecule has 0 radical (unpaired) electrons. The van der Waals surface area contributed by atoms with Crippen molar-refractivity contribution >= 4 is 11.6 Å². The van der Waals surface area contributed by atoms with Crippen LogP contribution in [0.3, 0.4) is 0 Å². The fraction of sp³-hybridized carbons (Fsp3) is 0.812. The number of piperazine rings is 1. The summed E-state index contributed by atoms with van der Waals surface area (Å²) in [4.78, 5) is 2.58. The lowest BCUT2D eigenvalue weighted by molar-refractivity contribution is 0.0802. The van der Waals surface area contributed by atoms with E-state index in [4.69, 9.17) is 11.6 Å². The van der Waals surface area contributed by atoms with E-state index >= 15 is 0 Å². The SMILES string of the molecule is CCCC1CNC(C)(C)CN1Cc1c(Cl)c(C)nn1CC. The van der Waals surface area contributed by atoms with Gasteiger partial charge >= 0.3 is 0 Å². The lowest BCUT2D eigenvalue weighted by atomic mass is 9.96. The number of hydrogen-bond donors (Lipinski definition) is 1. The highest BCUT2D eigenvalue weighted by Crippen LogP contribution is 2.26. The first-order valence-electron chi connectivity index (χ1n) is 8.08. The molecule has 2 rings (SSSR count). The van der Waals surface area contributed by atoms with E-state index in [9.17, 15) is 0 Å². The van der Waals surface area contributed by atoms with Crippen LogP contribution in [0.4, 0.5) is 0 Å². The largest absolute Gasteiger partial charge is 0.309 e. The van der Waals surface area contributed by atoms with Gasteiger partial charge in [0.05, 0.1) is 16.4 Å². The van der Waals surface area contributed by atoms with E-state index in [1.54, 1.807) is 0 Å². The molecule has 1 fully saturated rings. The quantitative estimate of drug-likeness (QED) is 0.906. The molecule has 0 spiro atoms. The molecule has 5 heteroatoms. The Labute approximate surface area is 133 Å². The Kier molecular flexibility index (Phi) is 5.33. The Hall–Kier alpha value is -0.580. The van der Waals surface area contributed by atoms with Gasteiger partial charge in [-0.3, -0.25) is 9.58 Å². The average molecular weight is 313 g/mol. The van der Waals surface area contributed by atoms with Gasteiger partial charge in [-0.15, -0.1) is 0 Å². The van der Waals surface area contributed by atoms with E-state index in [2.05, 4.69) is 47.7 Å². The molecule has 1 saturated heterocycles. The molecule has 1 aromatic rings. The van der Waals surface area contributed by atoms with Crippen molar-refractivity contribution in [2.75, 3.05) is 13.1 Å². The van der Waals surface area contributed by atoms with Gasteiger partial charge in [-0.05, 0) is 34.1 Å². The molecule has 0 saturated carbocycles. The molecule has 1 unspecified atom stereocenters. The van der Waals surface area contributed by atoms with Crippen LogP contribution in [-0.2, 0) is 13.1 Å². The molecule has 21 heavy (non-hydrogen) atoms. The molecule has 1 aromatic heterocycles. The maximum absolute atomic E-state index is 6.48. The molecule has 0 bridgehead atoms. The topological polar surface area (TPSA) is 33.1 Å². The first kappa shape index (κ1) is 16.8. The highest BCUT2D eigenvalue weighted by Gasteiger charge is 2.33. The molecular formula is C16H29ClN4. The highest BCUT2D eigenvalue weighted by molar-refractivity contribution is 6.31. The minimum Gasteiger partial charge on any atom is -0.309 e. The molecule has 1 N–H and O–H groups in total. The van der Waals surface area contributed by atoms with Crippen LogP contribution in [0, 0.1) is 6.92 Å². The average Bonchev–Trinajstić information content (AvgIpc) is 2.69. The van der Waals surface area contributed by atoms with E-state index in [1.165, 1.54) is 12.8 Å². The van der Waals surface area contributed by atoms with Crippen molar-refractivity contribution in [1.29, 1.82) is 0 Å². The van der Waals surface area contributed by atoms with Gasteiger partial charge in [0.2, 0.25) is 0 Å². The fourth-order valence-electron chi connectivity index (χ4n) is 3.23. The minimum absolute atomic E-state index is 0.156. The van der Waals surface area contributed by atoms with Crippen LogP contribution < -0.4 is 5.32 Å². The lowest BCUT2D eigenvalue weighted by Crippen LogP contribution is -2.61. The molecule has 4 nitrogen and oxygen atoms in total. The summed E-state index contributed by atoms with van der Waals surface area (Å²) in [5.74, 6) is 0. The minimum atomic E-state index is 0.156. The number of hydrogen-bond acceptors (Lipinski definition) is 3. The molecule has 120 valence electrons. The van der Waals surface area contributed by atoms with Crippen molar-refractivity contribution in [1.82, 2.24) is 20.0 Å². The van der Waals surface area contributed by atoms with Crippen LogP contribution in [-0.4, -0.2) is 39.4 Å². The van der Waals surface area contributed by atoms with Crippen LogP contribution in [0.2, 0.25) is 5.02 Å². The summed E-state index contributed by atoms with van der Waals surface area (Å²) in [5, 5.41) is 9.04. The molecule has 1 aliphatic heterocycles. The molecular weight excluding hydrogens is 284 g/mol. The number of nitrogens with zero attached hydrogens (tertiary/aromatic N) is 3. The zero-order valence-electron chi connectivity index (χ0n) is 14.0. The Balaban J connectivity index is 2.21. The van der Waals surface area contributed by atoms with Crippen molar-refractivity contribution in [3.63, 3.8) is 0 Å². The van der Waals surface area contributed by atoms with E-state index in [0.717, 1.165) is 42.6 Å². The van der Waals surface area contributed by atoms with E-state index in [1.807, 2.05) is 6.92 Å². The monoisotopic (exact) mass is 312 g/mol. The zero-order valence-corrected chi connectivity index (χ0v) is 14.8.